The average molecular weight is 247 g/mol. The minimum absolute atomic E-state index is 0.0419. The highest BCUT2D eigenvalue weighted by atomic mass is 19.2. The molecule has 18 heavy (non-hydrogen) atoms. The molecule has 0 atom stereocenters. The van der Waals surface area contributed by atoms with Crippen molar-refractivity contribution < 1.29 is 13.2 Å². The molecule has 0 bridgehead atoms. The third kappa shape index (κ3) is 2.07. The largest absolute Gasteiger partial charge is 0.207 e. The second kappa shape index (κ2) is 4.92. The Hall–Kier alpha value is -2.28. The van der Waals surface area contributed by atoms with Gasteiger partial charge in [-0.3, -0.25) is 0 Å². The highest BCUT2D eigenvalue weighted by Gasteiger charge is 2.15. The van der Waals surface area contributed by atoms with E-state index in [9.17, 15) is 13.2 Å². The molecule has 2 aromatic carbocycles. The molecular formula is C14H8F3N. The lowest BCUT2D eigenvalue weighted by Crippen LogP contribution is -1.96. The monoisotopic (exact) mass is 247 g/mol. The van der Waals surface area contributed by atoms with Crippen LogP contribution in [0.2, 0.25) is 0 Å². The molecule has 0 aromatic heterocycles. The normalized spacial score (nSPS) is 10.1. The quantitative estimate of drug-likeness (QED) is 0.791. The molecule has 0 fully saturated rings. The molecule has 2 rings (SSSR count). The topological polar surface area (TPSA) is 23.8 Å². The number of hydrogen-bond acceptors (Lipinski definition) is 1. The smallest absolute Gasteiger partial charge is 0.166 e. The summed E-state index contributed by atoms with van der Waals surface area (Å²) in [5.41, 5.74) is 0.234. The summed E-state index contributed by atoms with van der Waals surface area (Å²) in [6, 6.07) is 9.55. The third-order valence-corrected chi connectivity index (χ3v) is 2.62. The second-order valence-corrected chi connectivity index (χ2v) is 3.70. The van der Waals surface area contributed by atoms with E-state index in [-0.39, 0.29) is 23.1 Å². The summed E-state index contributed by atoms with van der Waals surface area (Å²) in [6.07, 6.45) is -0.196. The molecule has 0 heterocycles. The molecule has 0 aliphatic rings. The molecule has 0 saturated carbocycles. The van der Waals surface area contributed by atoms with E-state index in [1.165, 1.54) is 30.3 Å². The Bertz CT molecular complexity index is 629. The van der Waals surface area contributed by atoms with E-state index in [2.05, 4.69) is 0 Å². The number of nitriles is 1. The molecule has 0 unspecified atom stereocenters. The van der Waals surface area contributed by atoms with Crippen LogP contribution in [-0.4, -0.2) is 0 Å². The highest BCUT2D eigenvalue weighted by Crippen LogP contribution is 2.29. The Kier molecular flexibility index (Phi) is 3.33. The predicted molar refractivity (Wildman–Crippen MR) is 61.1 cm³/mol. The van der Waals surface area contributed by atoms with Crippen LogP contribution in [-0.2, 0) is 6.42 Å². The van der Waals surface area contributed by atoms with Gasteiger partial charge in [-0.2, -0.15) is 5.26 Å². The van der Waals surface area contributed by atoms with Crippen molar-refractivity contribution >= 4 is 0 Å². The van der Waals surface area contributed by atoms with Gasteiger partial charge in [0.25, 0.3) is 0 Å². The minimum atomic E-state index is -1.04. The maximum atomic E-state index is 13.7. The summed E-state index contributed by atoms with van der Waals surface area (Å²) in [6.45, 7) is 0. The molecule has 0 radical (unpaired) electrons. The molecule has 2 aromatic rings. The lowest BCUT2D eigenvalue weighted by Gasteiger charge is -2.09. The van der Waals surface area contributed by atoms with Crippen molar-refractivity contribution in [3.8, 4) is 17.2 Å². The fraction of sp³-hybridized carbons (Fsp3) is 0.0714. The van der Waals surface area contributed by atoms with Crippen LogP contribution in [0.25, 0.3) is 11.1 Å². The third-order valence-electron chi connectivity index (χ3n) is 2.62. The number of rotatable bonds is 2. The standard InChI is InChI=1S/C14H8F3N/c15-12-5-1-3-9(10(12)7-8-18)11-4-2-6-13(16)14(11)17/h1-6H,7H2. The zero-order valence-corrected chi connectivity index (χ0v) is 9.25. The molecule has 0 saturated heterocycles. The summed E-state index contributed by atoms with van der Waals surface area (Å²) in [5, 5.41) is 8.65. The molecule has 0 spiro atoms. The number of hydrogen-bond donors (Lipinski definition) is 0. The van der Waals surface area contributed by atoms with Crippen LogP contribution in [0.1, 0.15) is 5.56 Å². The van der Waals surface area contributed by atoms with Crippen molar-refractivity contribution in [2.24, 2.45) is 0 Å². The first-order valence-electron chi connectivity index (χ1n) is 5.24. The van der Waals surface area contributed by atoms with E-state index in [4.69, 9.17) is 5.26 Å². The maximum absolute atomic E-state index is 13.7. The summed E-state index contributed by atoms with van der Waals surface area (Å²) in [4.78, 5) is 0. The summed E-state index contributed by atoms with van der Waals surface area (Å²) in [7, 11) is 0. The van der Waals surface area contributed by atoms with Crippen LogP contribution in [0.4, 0.5) is 13.2 Å². The zero-order chi connectivity index (χ0) is 13.1. The van der Waals surface area contributed by atoms with Gasteiger partial charge in [-0.1, -0.05) is 24.3 Å². The SMILES string of the molecule is N#CCc1c(F)cccc1-c1cccc(F)c1F. The van der Waals surface area contributed by atoms with Gasteiger partial charge < -0.3 is 0 Å². The Labute approximate surface area is 102 Å². The fourth-order valence-corrected chi connectivity index (χ4v) is 1.78. The lowest BCUT2D eigenvalue weighted by atomic mass is 9.97. The van der Waals surface area contributed by atoms with Crippen molar-refractivity contribution in [1.29, 1.82) is 5.26 Å². The Morgan fingerprint density at radius 1 is 0.889 bits per heavy atom. The van der Waals surface area contributed by atoms with Crippen LogP contribution < -0.4 is 0 Å². The average Bonchev–Trinajstić information content (AvgIpc) is 2.36. The van der Waals surface area contributed by atoms with Crippen molar-refractivity contribution in [2.45, 2.75) is 6.42 Å². The number of nitrogens with zero attached hydrogens (tertiary/aromatic N) is 1. The second-order valence-electron chi connectivity index (χ2n) is 3.70. The molecule has 0 aliphatic carbocycles. The van der Waals surface area contributed by atoms with Gasteiger partial charge in [-0.25, -0.2) is 13.2 Å². The van der Waals surface area contributed by atoms with Crippen molar-refractivity contribution in [3.63, 3.8) is 0 Å². The van der Waals surface area contributed by atoms with Crippen LogP contribution in [0.3, 0.4) is 0 Å². The Balaban J connectivity index is 2.68. The van der Waals surface area contributed by atoms with E-state index in [1.807, 2.05) is 6.07 Å². The fourth-order valence-electron chi connectivity index (χ4n) is 1.78. The van der Waals surface area contributed by atoms with Gasteiger partial charge in [0.1, 0.15) is 5.82 Å². The van der Waals surface area contributed by atoms with Crippen molar-refractivity contribution in [1.82, 2.24) is 0 Å². The van der Waals surface area contributed by atoms with Crippen LogP contribution >= 0.6 is 0 Å². The van der Waals surface area contributed by atoms with Crippen molar-refractivity contribution in [2.75, 3.05) is 0 Å². The molecular weight excluding hydrogens is 239 g/mol. The van der Waals surface area contributed by atoms with E-state index in [1.54, 1.807) is 0 Å². The van der Waals surface area contributed by atoms with Crippen molar-refractivity contribution in [3.05, 3.63) is 59.4 Å². The van der Waals surface area contributed by atoms with Gasteiger partial charge >= 0.3 is 0 Å². The van der Waals surface area contributed by atoms with Gasteiger partial charge in [0.2, 0.25) is 0 Å². The van der Waals surface area contributed by atoms with E-state index >= 15 is 0 Å². The van der Waals surface area contributed by atoms with Crippen LogP contribution in [0, 0.1) is 28.8 Å². The van der Waals surface area contributed by atoms with Gasteiger partial charge in [0.05, 0.1) is 12.5 Å². The van der Waals surface area contributed by atoms with E-state index < -0.39 is 17.5 Å². The summed E-state index contributed by atoms with van der Waals surface area (Å²) in [5.74, 6) is -2.64. The van der Waals surface area contributed by atoms with E-state index in [0.29, 0.717) is 0 Å². The Morgan fingerprint density at radius 3 is 2.17 bits per heavy atom. The summed E-state index contributed by atoms with van der Waals surface area (Å²) >= 11 is 0. The van der Waals surface area contributed by atoms with Crippen LogP contribution in [0.15, 0.2) is 36.4 Å². The maximum Gasteiger partial charge on any atom is 0.166 e. The molecule has 90 valence electrons. The predicted octanol–water partition coefficient (Wildman–Crippen LogP) is 3.84. The zero-order valence-electron chi connectivity index (χ0n) is 9.25. The minimum Gasteiger partial charge on any atom is -0.207 e. The lowest BCUT2D eigenvalue weighted by molar-refractivity contribution is 0.511. The molecule has 1 nitrogen and oxygen atoms in total. The first-order valence-corrected chi connectivity index (χ1v) is 5.24. The first kappa shape index (κ1) is 12.2. The van der Waals surface area contributed by atoms with Gasteiger partial charge in [0.15, 0.2) is 11.6 Å². The molecule has 0 amide bonds. The van der Waals surface area contributed by atoms with Gasteiger partial charge in [-0.05, 0) is 17.7 Å². The number of halogens is 3. The van der Waals surface area contributed by atoms with E-state index in [0.717, 1.165) is 6.07 Å². The molecule has 0 aliphatic heterocycles. The Morgan fingerprint density at radius 2 is 1.50 bits per heavy atom. The number of benzene rings is 2. The van der Waals surface area contributed by atoms with Crippen LogP contribution in [0.5, 0.6) is 0 Å². The molecule has 0 N–H and O–H groups in total. The first-order chi connectivity index (χ1) is 8.65. The van der Waals surface area contributed by atoms with Gasteiger partial charge in [-0.15, -0.1) is 0 Å². The highest BCUT2D eigenvalue weighted by molar-refractivity contribution is 5.68. The summed E-state index contributed by atoms with van der Waals surface area (Å²) < 4.78 is 40.4. The molecule has 4 heteroatoms. The van der Waals surface area contributed by atoms with Gasteiger partial charge in [0, 0.05) is 11.1 Å².